The Bertz CT molecular complexity index is 779. The second kappa shape index (κ2) is 7.06. The molecule has 1 aromatic carbocycles. The summed E-state index contributed by atoms with van der Waals surface area (Å²) in [6, 6.07) is 12.2. The maximum atomic E-state index is 12.4. The van der Waals surface area contributed by atoms with Gasteiger partial charge in [0.1, 0.15) is 9.88 Å². The molecule has 3 rings (SSSR count). The molecule has 3 nitrogen and oxygen atoms in total. The number of thiophene rings is 1. The molecular weight excluding hydrogens is 324 g/mol. The van der Waals surface area contributed by atoms with Crippen molar-refractivity contribution in [2.45, 2.75) is 19.8 Å². The molecule has 0 fully saturated rings. The summed E-state index contributed by atoms with van der Waals surface area (Å²) in [5.41, 5.74) is 3.11. The maximum Gasteiger partial charge on any atom is 0.263 e. The molecule has 0 aliphatic heterocycles. The monoisotopic (exact) mass is 342 g/mol. The molecule has 5 heteroatoms. The van der Waals surface area contributed by atoms with Gasteiger partial charge in [-0.2, -0.15) is 11.3 Å². The molecule has 2 aromatic heterocycles. The minimum atomic E-state index is -0.0377. The summed E-state index contributed by atoms with van der Waals surface area (Å²) in [5, 5.41) is 8.01. The smallest absolute Gasteiger partial charge is 0.263 e. The zero-order chi connectivity index (χ0) is 16.2. The molecule has 0 radical (unpaired) electrons. The third-order valence-corrected chi connectivity index (χ3v) is 5.60. The second-order valence-corrected chi connectivity index (χ2v) is 7.25. The molecule has 1 amide bonds. The summed E-state index contributed by atoms with van der Waals surface area (Å²) in [6.07, 6.45) is 0. The molecule has 0 saturated carbocycles. The standard InChI is InChI=1S/C18H18N2OS2/c1-12(14-6-4-3-5-7-14)10-19-17(21)16-13(2)20-18(23-16)15-8-9-22-11-15/h3-9,11-12H,10H2,1-2H3,(H,19,21)/t12-/m0/s1. The van der Waals surface area contributed by atoms with Crippen molar-refractivity contribution in [3.63, 3.8) is 0 Å². The number of hydrogen-bond acceptors (Lipinski definition) is 4. The van der Waals surface area contributed by atoms with Crippen LogP contribution in [-0.2, 0) is 0 Å². The van der Waals surface area contributed by atoms with Gasteiger partial charge in [-0.1, -0.05) is 37.3 Å². The SMILES string of the molecule is Cc1nc(-c2ccsc2)sc1C(=O)NC[C@H](C)c1ccccc1. The van der Waals surface area contributed by atoms with Crippen molar-refractivity contribution in [1.29, 1.82) is 0 Å². The third kappa shape index (κ3) is 3.68. The largest absolute Gasteiger partial charge is 0.351 e. The van der Waals surface area contributed by atoms with Crippen LogP contribution in [0.3, 0.4) is 0 Å². The fourth-order valence-corrected chi connectivity index (χ4v) is 4.04. The highest BCUT2D eigenvalue weighted by Gasteiger charge is 2.17. The van der Waals surface area contributed by atoms with Crippen LogP contribution >= 0.6 is 22.7 Å². The van der Waals surface area contributed by atoms with Crippen LogP contribution in [0.1, 0.15) is 33.8 Å². The van der Waals surface area contributed by atoms with Gasteiger partial charge in [-0.3, -0.25) is 4.79 Å². The average Bonchev–Trinajstić information content (AvgIpc) is 3.22. The van der Waals surface area contributed by atoms with E-state index in [-0.39, 0.29) is 11.8 Å². The van der Waals surface area contributed by atoms with Gasteiger partial charge in [-0.05, 0) is 29.9 Å². The van der Waals surface area contributed by atoms with Gasteiger partial charge in [0.25, 0.3) is 5.91 Å². The molecular formula is C18H18N2OS2. The number of rotatable bonds is 5. The van der Waals surface area contributed by atoms with E-state index in [4.69, 9.17) is 0 Å². The Morgan fingerprint density at radius 1 is 1.26 bits per heavy atom. The molecule has 1 atom stereocenters. The topological polar surface area (TPSA) is 42.0 Å². The number of aromatic nitrogens is 1. The van der Waals surface area contributed by atoms with Gasteiger partial charge in [0.15, 0.2) is 0 Å². The van der Waals surface area contributed by atoms with Gasteiger partial charge in [0.05, 0.1) is 5.69 Å². The summed E-state index contributed by atoms with van der Waals surface area (Å²) >= 11 is 3.09. The quantitative estimate of drug-likeness (QED) is 0.729. The first kappa shape index (κ1) is 15.9. The predicted molar refractivity (Wildman–Crippen MR) is 97.4 cm³/mol. The molecule has 0 saturated heterocycles. The fourth-order valence-electron chi connectivity index (χ4n) is 2.34. The van der Waals surface area contributed by atoms with Crippen molar-refractivity contribution in [1.82, 2.24) is 10.3 Å². The zero-order valence-corrected chi connectivity index (χ0v) is 14.7. The zero-order valence-electron chi connectivity index (χ0n) is 13.1. The van der Waals surface area contributed by atoms with Crippen molar-refractivity contribution in [2.24, 2.45) is 0 Å². The van der Waals surface area contributed by atoms with Gasteiger partial charge >= 0.3 is 0 Å². The van der Waals surface area contributed by atoms with E-state index in [9.17, 15) is 4.79 Å². The summed E-state index contributed by atoms with van der Waals surface area (Å²) in [7, 11) is 0. The number of hydrogen-bond donors (Lipinski definition) is 1. The number of benzene rings is 1. The summed E-state index contributed by atoms with van der Waals surface area (Å²) in [5.74, 6) is 0.244. The molecule has 0 bridgehead atoms. The number of thiazole rings is 1. The first-order chi connectivity index (χ1) is 11.1. The van der Waals surface area contributed by atoms with Crippen LogP contribution < -0.4 is 5.32 Å². The highest BCUT2D eigenvalue weighted by Crippen LogP contribution is 2.29. The molecule has 2 heterocycles. The van der Waals surface area contributed by atoms with Crippen molar-refractivity contribution in [3.8, 4) is 10.6 Å². The molecule has 23 heavy (non-hydrogen) atoms. The van der Waals surface area contributed by atoms with E-state index in [1.165, 1.54) is 16.9 Å². The lowest BCUT2D eigenvalue weighted by Gasteiger charge is -2.12. The third-order valence-electron chi connectivity index (χ3n) is 3.71. The van der Waals surface area contributed by atoms with E-state index in [2.05, 4.69) is 34.7 Å². The molecule has 0 spiro atoms. The molecule has 0 aliphatic rings. The lowest BCUT2D eigenvalue weighted by atomic mass is 10.0. The number of nitrogens with one attached hydrogen (secondary N) is 1. The number of carbonyl (C=O) groups is 1. The number of carbonyl (C=O) groups excluding carboxylic acids is 1. The number of aryl methyl sites for hydroxylation is 1. The van der Waals surface area contributed by atoms with E-state index in [0.717, 1.165) is 16.3 Å². The molecule has 0 aliphatic carbocycles. The minimum Gasteiger partial charge on any atom is -0.351 e. The Balaban J connectivity index is 1.67. The van der Waals surface area contributed by atoms with Crippen LogP contribution in [0.4, 0.5) is 0 Å². The summed E-state index contributed by atoms with van der Waals surface area (Å²) in [6.45, 7) is 4.63. The van der Waals surface area contributed by atoms with E-state index >= 15 is 0 Å². The summed E-state index contributed by atoms with van der Waals surface area (Å²) < 4.78 is 0. The number of nitrogens with zero attached hydrogens (tertiary/aromatic N) is 1. The van der Waals surface area contributed by atoms with Crippen LogP contribution in [0.15, 0.2) is 47.2 Å². The highest BCUT2D eigenvalue weighted by molar-refractivity contribution is 7.17. The Hall–Kier alpha value is -1.98. The van der Waals surface area contributed by atoms with Crippen molar-refractivity contribution < 1.29 is 4.79 Å². The first-order valence-electron chi connectivity index (χ1n) is 7.48. The van der Waals surface area contributed by atoms with E-state index < -0.39 is 0 Å². The van der Waals surface area contributed by atoms with E-state index in [1.54, 1.807) is 11.3 Å². The Morgan fingerprint density at radius 2 is 2.04 bits per heavy atom. The van der Waals surface area contributed by atoms with E-state index in [0.29, 0.717) is 11.4 Å². The van der Waals surface area contributed by atoms with Gasteiger partial charge in [0, 0.05) is 17.5 Å². The molecule has 1 N–H and O–H groups in total. The molecule has 0 unspecified atom stereocenters. The normalized spacial score (nSPS) is 12.1. The van der Waals surface area contributed by atoms with Crippen LogP contribution in [0.2, 0.25) is 0 Å². The van der Waals surface area contributed by atoms with Gasteiger partial charge in [-0.25, -0.2) is 4.98 Å². The highest BCUT2D eigenvalue weighted by atomic mass is 32.1. The predicted octanol–water partition coefficient (Wildman–Crippen LogP) is 4.71. The first-order valence-corrected chi connectivity index (χ1v) is 9.24. The maximum absolute atomic E-state index is 12.4. The van der Waals surface area contributed by atoms with Gasteiger partial charge < -0.3 is 5.32 Å². The van der Waals surface area contributed by atoms with Crippen LogP contribution in [0, 0.1) is 6.92 Å². The lowest BCUT2D eigenvalue weighted by Crippen LogP contribution is -2.27. The van der Waals surface area contributed by atoms with Crippen molar-refractivity contribution in [3.05, 3.63) is 63.3 Å². The van der Waals surface area contributed by atoms with Gasteiger partial charge in [0.2, 0.25) is 0 Å². The van der Waals surface area contributed by atoms with Gasteiger partial charge in [-0.15, -0.1) is 11.3 Å². The van der Waals surface area contributed by atoms with Crippen molar-refractivity contribution in [2.75, 3.05) is 6.54 Å². The molecule has 118 valence electrons. The van der Waals surface area contributed by atoms with E-state index in [1.807, 2.05) is 36.6 Å². The Morgan fingerprint density at radius 3 is 2.74 bits per heavy atom. The minimum absolute atomic E-state index is 0.0377. The molecule has 3 aromatic rings. The van der Waals surface area contributed by atoms with Crippen LogP contribution in [0.5, 0.6) is 0 Å². The Kier molecular flexibility index (Phi) is 4.88. The average molecular weight is 342 g/mol. The Labute approximate surface area is 144 Å². The van der Waals surface area contributed by atoms with Crippen LogP contribution in [0.25, 0.3) is 10.6 Å². The summed E-state index contributed by atoms with van der Waals surface area (Å²) in [4.78, 5) is 17.7. The van der Waals surface area contributed by atoms with Crippen LogP contribution in [-0.4, -0.2) is 17.4 Å². The second-order valence-electron chi connectivity index (χ2n) is 5.47. The lowest BCUT2D eigenvalue weighted by molar-refractivity contribution is 0.0955. The fraction of sp³-hybridized carbons (Fsp3) is 0.222. The van der Waals surface area contributed by atoms with Crippen molar-refractivity contribution >= 4 is 28.6 Å². The number of amides is 1.